The molecule has 1 aliphatic rings. The van der Waals surface area contributed by atoms with Crippen molar-refractivity contribution in [2.24, 2.45) is 5.41 Å². The van der Waals surface area contributed by atoms with Crippen LogP contribution in [-0.4, -0.2) is 22.2 Å². The van der Waals surface area contributed by atoms with Crippen LogP contribution >= 0.6 is 0 Å². The van der Waals surface area contributed by atoms with Gasteiger partial charge in [0, 0.05) is 0 Å². The van der Waals surface area contributed by atoms with Gasteiger partial charge in [0.2, 0.25) is 0 Å². The summed E-state index contributed by atoms with van der Waals surface area (Å²) in [4.78, 5) is 1.51. The fourth-order valence-corrected chi connectivity index (χ4v) is 8.00. The van der Waals surface area contributed by atoms with Crippen LogP contribution in [0.4, 0.5) is 0 Å². The predicted molar refractivity (Wildman–Crippen MR) is 96.7 cm³/mol. The maximum atomic E-state index is 2.66. The molecule has 2 rings (SSSR count). The van der Waals surface area contributed by atoms with Gasteiger partial charge in [-0.15, -0.1) is 8.07 Å². The van der Waals surface area contributed by atoms with Gasteiger partial charge >= 0.3 is 21.7 Å². The molecule has 2 unspecified atom stereocenters. The van der Waals surface area contributed by atoms with E-state index >= 15 is 0 Å². The van der Waals surface area contributed by atoms with Crippen LogP contribution in [0.25, 0.3) is 0 Å². The summed E-state index contributed by atoms with van der Waals surface area (Å²) in [7, 11) is 3.09. The van der Waals surface area contributed by atoms with Gasteiger partial charge in [0.25, 0.3) is 0 Å². The molecule has 22 heavy (non-hydrogen) atoms. The zero-order valence-corrected chi connectivity index (χ0v) is 18.2. The predicted octanol–water partition coefficient (Wildman–Crippen LogP) is 3.66. The summed E-state index contributed by atoms with van der Waals surface area (Å²) in [5.41, 5.74) is 4.08. The molecule has 2 atom stereocenters. The number of quaternary nitrogens is 1. The van der Waals surface area contributed by atoms with E-state index in [1.807, 2.05) is 0 Å². The summed E-state index contributed by atoms with van der Waals surface area (Å²) in [6.07, 6.45) is 2.62. The molecule has 0 aliphatic heterocycles. The molecular formula is C19H33NSiTi+. The van der Waals surface area contributed by atoms with Gasteiger partial charge in [-0.25, -0.2) is 0 Å². The third kappa shape index (κ3) is 4.80. The molecule has 0 spiro atoms. The van der Waals surface area contributed by atoms with Crippen LogP contribution in [-0.2, 0) is 21.7 Å². The van der Waals surface area contributed by atoms with E-state index in [4.69, 9.17) is 0 Å². The molecule has 0 aromatic heterocycles. The molecule has 0 fully saturated rings. The number of benzene rings is 1. The van der Waals surface area contributed by atoms with Crippen molar-refractivity contribution in [1.82, 2.24) is 0 Å². The van der Waals surface area contributed by atoms with Gasteiger partial charge in [-0.2, -0.15) is 11.0 Å². The second kappa shape index (κ2) is 7.79. The number of hydrogen-bond acceptors (Lipinski definition) is 0. The molecule has 3 heteroatoms. The van der Waals surface area contributed by atoms with Gasteiger partial charge in [-0.3, -0.25) is 6.42 Å². The Morgan fingerprint density at radius 1 is 1.09 bits per heavy atom. The first-order valence-electron chi connectivity index (χ1n) is 7.73. The topological polar surface area (TPSA) is 4.44 Å². The van der Waals surface area contributed by atoms with E-state index < -0.39 is 8.07 Å². The Morgan fingerprint density at radius 2 is 1.59 bits per heavy atom. The van der Waals surface area contributed by atoms with Crippen molar-refractivity contribution < 1.29 is 26.6 Å². The first kappa shape index (κ1) is 22.1. The zero-order valence-electron chi connectivity index (χ0n) is 15.6. The van der Waals surface area contributed by atoms with Gasteiger partial charge in [-0.05, 0) is 11.6 Å². The van der Waals surface area contributed by atoms with E-state index in [-0.39, 0.29) is 29.1 Å². The Labute approximate surface area is 154 Å². The molecule has 1 N–H and O–H groups in total. The van der Waals surface area contributed by atoms with E-state index in [0.29, 0.717) is 17.0 Å². The van der Waals surface area contributed by atoms with Gasteiger partial charge in [0.05, 0.1) is 14.1 Å². The summed E-state index contributed by atoms with van der Waals surface area (Å²) in [6, 6.07) is 12.3. The summed E-state index contributed by atoms with van der Waals surface area (Å²) in [6.45, 7) is 12.0. The molecule has 0 bridgehead atoms. The summed E-state index contributed by atoms with van der Waals surface area (Å²) < 4.78 is 0. The van der Waals surface area contributed by atoms with Crippen LogP contribution in [0, 0.1) is 25.3 Å². The zero-order chi connectivity index (χ0) is 15.1. The van der Waals surface area contributed by atoms with E-state index in [0.717, 1.165) is 0 Å². The van der Waals surface area contributed by atoms with E-state index in [2.05, 4.69) is 84.7 Å². The smallest absolute Gasteiger partial charge is 0.359 e. The minimum Gasteiger partial charge on any atom is -0.359 e. The Kier molecular flexibility index (Phi) is 7.83. The number of fused-ring (bicyclic) bond motifs is 1. The standard InChI is InChI=1S/C18H29NSi.CH3.Ti/c1-18(2,3)13-20(6,7)17-12-16(19(4)5)14-10-8-9-11-15(14)17;;/h8-13,16-17H,1-7H3;1H3;/q-2;-1;+3/p+1. The maximum Gasteiger partial charge on any atom is 3.00 e. The molecule has 0 amide bonds. The van der Waals surface area contributed by atoms with Crippen molar-refractivity contribution >= 4 is 8.07 Å². The van der Waals surface area contributed by atoms with E-state index in [9.17, 15) is 0 Å². The monoisotopic (exact) mass is 351 g/mol. The Bertz CT molecular complexity index is 477. The van der Waals surface area contributed by atoms with Crippen LogP contribution in [0.15, 0.2) is 24.3 Å². The molecule has 1 aromatic carbocycles. The van der Waals surface area contributed by atoms with Crippen molar-refractivity contribution in [2.75, 3.05) is 14.1 Å². The van der Waals surface area contributed by atoms with E-state index in [1.165, 1.54) is 4.90 Å². The van der Waals surface area contributed by atoms with Gasteiger partial charge in [-0.1, -0.05) is 63.7 Å². The van der Waals surface area contributed by atoms with Crippen LogP contribution in [0.1, 0.15) is 43.5 Å². The first-order chi connectivity index (χ1) is 9.12. The second-order valence-corrected chi connectivity index (χ2v) is 12.7. The van der Waals surface area contributed by atoms with Crippen LogP contribution in [0.2, 0.25) is 13.1 Å². The fourth-order valence-electron chi connectivity index (χ4n) is 3.84. The van der Waals surface area contributed by atoms with Gasteiger partial charge in [0.1, 0.15) is 0 Å². The summed E-state index contributed by atoms with van der Waals surface area (Å²) in [5.74, 6) is 0. The minimum atomic E-state index is -1.44. The molecule has 0 saturated heterocycles. The molecule has 121 valence electrons. The van der Waals surface area contributed by atoms with Crippen molar-refractivity contribution in [3.05, 3.63) is 55.3 Å². The van der Waals surface area contributed by atoms with Gasteiger partial charge in [0.15, 0.2) is 0 Å². The molecule has 1 aliphatic carbocycles. The number of hydrogen-bond donors (Lipinski definition) is 1. The van der Waals surface area contributed by atoms with Crippen molar-refractivity contribution in [2.45, 2.75) is 45.4 Å². The van der Waals surface area contributed by atoms with Crippen LogP contribution in [0.5, 0.6) is 0 Å². The summed E-state index contributed by atoms with van der Waals surface area (Å²) in [5, 5.41) is 0. The summed E-state index contributed by atoms with van der Waals surface area (Å²) >= 11 is 0. The maximum absolute atomic E-state index is 2.66. The van der Waals surface area contributed by atoms with Crippen LogP contribution < -0.4 is 4.90 Å². The minimum absolute atomic E-state index is 0. The van der Waals surface area contributed by atoms with Crippen LogP contribution in [0.3, 0.4) is 0 Å². The fraction of sp³-hybridized carbons (Fsp3) is 0.526. The quantitative estimate of drug-likeness (QED) is 0.626. The van der Waals surface area contributed by atoms with Gasteiger partial charge < -0.3 is 18.4 Å². The molecular weight excluding hydrogens is 318 g/mol. The average Bonchev–Trinajstić information content (AvgIpc) is 2.65. The molecule has 1 aromatic rings. The first-order valence-corrected chi connectivity index (χ1v) is 10.9. The SMILES string of the molecule is C[NH+](C)C1[CH-]C([Si](C)(C)[CH-]C(C)(C)C)c2ccccc21.[CH3-].[Ti+3]. The molecule has 0 saturated carbocycles. The van der Waals surface area contributed by atoms with E-state index in [1.54, 1.807) is 11.1 Å². The van der Waals surface area contributed by atoms with Crippen molar-refractivity contribution in [3.8, 4) is 0 Å². The Balaban J connectivity index is 0.00000220. The third-order valence-electron chi connectivity index (χ3n) is 4.28. The number of nitrogens with one attached hydrogen (secondary N) is 1. The normalized spacial score (nSPS) is 21.1. The van der Waals surface area contributed by atoms with Crippen molar-refractivity contribution in [3.63, 3.8) is 0 Å². The Morgan fingerprint density at radius 3 is 2.05 bits per heavy atom. The molecule has 0 heterocycles. The number of rotatable bonds is 3. The largest absolute Gasteiger partial charge is 3.00 e. The molecule has 1 nitrogen and oxygen atoms in total. The average molecular weight is 351 g/mol. The second-order valence-electron chi connectivity index (χ2n) is 8.19. The third-order valence-corrected chi connectivity index (χ3v) is 8.00. The molecule has 1 radical (unpaired) electrons. The Hall–Kier alpha value is 0.111. The van der Waals surface area contributed by atoms with Crippen molar-refractivity contribution in [1.29, 1.82) is 0 Å².